The second kappa shape index (κ2) is 7.25. The number of ether oxygens (including phenoxy) is 2. The minimum atomic E-state index is -1.18. The Balaban J connectivity index is 1.69. The minimum Gasteiger partial charge on any atom is -0.493 e. The van der Waals surface area contributed by atoms with E-state index in [2.05, 4.69) is 19.1 Å². The van der Waals surface area contributed by atoms with Gasteiger partial charge in [-0.05, 0) is 35.2 Å². The van der Waals surface area contributed by atoms with Crippen molar-refractivity contribution in [3.63, 3.8) is 0 Å². The molecule has 1 saturated heterocycles. The fourth-order valence-corrected chi connectivity index (χ4v) is 3.01. The van der Waals surface area contributed by atoms with Gasteiger partial charge in [0.05, 0.1) is 20.2 Å². The Bertz CT molecular complexity index is 781. The van der Waals surface area contributed by atoms with Gasteiger partial charge in [-0.2, -0.15) is 0 Å². The van der Waals surface area contributed by atoms with E-state index >= 15 is 0 Å². The van der Waals surface area contributed by atoms with Crippen LogP contribution in [0.15, 0.2) is 42.5 Å². The van der Waals surface area contributed by atoms with Crippen LogP contribution in [0.1, 0.15) is 23.6 Å². The molecule has 1 heterocycles. The Hall–Kier alpha value is -2.73. The van der Waals surface area contributed by atoms with Gasteiger partial charge in [-0.3, -0.25) is 0 Å². The highest BCUT2D eigenvalue weighted by molar-refractivity contribution is 5.67. The van der Waals surface area contributed by atoms with Crippen molar-refractivity contribution in [2.75, 3.05) is 20.2 Å². The zero-order valence-corrected chi connectivity index (χ0v) is 14.9. The molecule has 0 aliphatic carbocycles. The number of hydrogen-bond acceptors (Lipinski definition) is 4. The molecule has 2 aromatic carbocycles. The van der Waals surface area contributed by atoms with Crippen molar-refractivity contribution in [2.45, 2.75) is 25.6 Å². The third kappa shape index (κ3) is 3.60. The summed E-state index contributed by atoms with van der Waals surface area (Å²) >= 11 is 0. The molecule has 0 atom stereocenters. The van der Waals surface area contributed by atoms with Crippen LogP contribution in [0.2, 0.25) is 0 Å². The SMILES string of the molecule is CCc1ccc(COc2ccc(C3(O)CN(C(=O)O)C3)cc2OC)cc1. The number of carboxylic acid groups (broad SMARTS) is 1. The maximum atomic E-state index is 10.9. The fourth-order valence-electron chi connectivity index (χ4n) is 3.01. The topological polar surface area (TPSA) is 79.2 Å². The summed E-state index contributed by atoms with van der Waals surface area (Å²) in [6.45, 7) is 2.63. The third-order valence-electron chi connectivity index (χ3n) is 4.70. The third-order valence-corrected chi connectivity index (χ3v) is 4.70. The Kier molecular flexibility index (Phi) is 5.04. The lowest BCUT2D eigenvalue weighted by Gasteiger charge is -2.45. The zero-order chi connectivity index (χ0) is 18.7. The van der Waals surface area contributed by atoms with Crippen LogP contribution in [0.4, 0.5) is 4.79 Å². The molecule has 1 aliphatic rings. The summed E-state index contributed by atoms with van der Waals surface area (Å²) in [7, 11) is 1.54. The summed E-state index contributed by atoms with van der Waals surface area (Å²) in [6.07, 6.45) is -0.0331. The second-order valence-electron chi connectivity index (χ2n) is 6.49. The summed E-state index contributed by atoms with van der Waals surface area (Å²) in [5.41, 5.74) is 1.77. The van der Waals surface area contributed by atoms with E-state index < -0.39 is 11.7 Å². The predicted molar refractivity (Wildman–Crippen MR) is 96.6 cm³/mol. The van der Waals surface area contributed by atoms with Crippen LogP contribution in [-0.4, -0.2) is 41.4 Å². The van der Waals surface area contributed by atoms with Gasteiger partial charge >= 0.3 is 6.09 Å². The maximum absolute atomic E-state index is 10.9. The molecule has 0 unspecified atom stereocenters. The maximum Gasteiger partial charge on any atom is 0.407 e. The molecule has 26 heavy (non-hydrogen) atoms. The predicted octanol–water partition coefficient (Wildman–Crippen LogP) is 3.02. The van der Waals surface area contributed by atoms with E-state index in [1.54, 1.807) is 18.2 Å². The number of aliphatic hydroxyl groups is 1. The Morgan fingerprint density at radius 1 is 1.12 bits per heavy atom. The van der Waals surface area contributed by atoms with E-state index in [1.165, 1.54) is 12.7 Å². The van der Waals surface area contributed by atoms with Gasteiger partial charge in [0.15, 0.2) is 11.5 Å². The van der Waals surface area contributed by atoms with Gasteiger partial charge in [0.25, 0.3) is 0 Å². The molecule has 0 bridgehead atoms. The highest BCUT2D eigenvalue weighted by atomic mass is 16.5. The van der Waals surface area contributed by atoms with E-state index in [0.29, 0.717) is 23.7 Å². The molecule has 6 heteroatoms. The van der Waals surface area contributed by atoms with Crippen molar-refractivity contribution in [3.8, 4) is 11.5 Å². The van der Waals surface area contributed by atoms with Crippen molar-refractivity contribution in [2.24, 2.45) is 0 Å². The molecular weight excluding hydrogens is 334 g/mol. The minimum absolute atomic E-state index is 0.0511. The number of likely N-dealkylation sites (tertiary alicyclic amines) is 1. The number of nitrogens with zero attached hydrogens (tertiary/aromatic N) is 1. The number of β-amino-alcohol motifs (C(OH)–C–C–N with tert-alkyl or cyclic N) is 1. The standard InChI is InChI=1S/C20H23NO5/c1-3-14-4-6-15(7-5-14)11-26-17-9-8-16(10-18(17)25-2)20(24)12-21(13-20)19(22)23/h4-10,24H,3,11-13H2,1-2H3,(H,22,23). The molecule has 2 aromatic rings. The van der Waals surface area contributed by atoms with E-state index in [-0.39, 0.29) is 13.1 Å². The Labute approximate surface area is 152 Å². The summed E-state index contributed by atoms with van der Waals surface area (Å²) in [6, 6.07) is 13.4. The highest BCUT2D eigenvalue weighted by Crippen LogP contribution is 2.37. The summed E-state index contributed by atoms with van der Waals surface area (Å²) in [4.78, 5) is 12.1. The molecule has 0 saturated carbocycles. The van der Waals surface area contributed by atoms with Crippen molar-refractivity contribution in [1.29, 1.82) is 0 Å². The number of hydrogen-bond donors (Lipinski definition) is 2. The van der Waals surface area contributed by atoms with Crippen molar-refractivity contribution < 1.29 is 24.5 Å². The van der Waals surface area contributed by atoms with Gasteiger partial charge in [-0.15, -0.1) is 0 Å². The largest absolute Gasteiger partial charge is 0.493 e. The quantitative estimate of drug-likeness (QED) is 0.831. The molecule has 1 fully saturated rings. The van der Waals surface area contributed by atoms with Crippen LogP contribution in [0.5, 0.6) is 11.5 Å². The van der Waals surface area contributed by atoms with Crippen LogP contribution in [0.25, 0.3) is 0 Å². The van der Waals surface area contributed by atoms with Gasteiger partial charge < -0.3 is 24.6 Å². The molecule has 2 N–H and O–H groups in total. The monoisotopic (exact) mass is 357 g/mol. The molecular formula is C20H23NO5. The molecule has 0 radical (unpaired) electrons. The zero-order valence-electron chi connectivity index (χ0n) is 14.9. The van der Waals surface area contributed by atoms with E-state index in [4.69, 9.17) is 14.6 Å². The van der Waals surface area contributed by atoms with Crippen molar-refractivity contribution in [3.05, 3.63) is 59.2 Å². The smallest absolute Gasteiger partial charge is 0.407 e. The number of carbonyl (C=O) groups is 1. The van der Waals surface area contributed by atoms with Crippen LogP contribution in [0, 0.1) is 0 Å². The summed E-state index contributed by atoms with van der Waals surface area (Å²) < 4.78 is 11.2. The summed E-state index contributed by atoms with van der Waals surface area (Å²) in [5.74, 6) is 1.09. The number of amides is 1. The van der Waals surface area contributed by atoms with Gasteiger partial charge in [-0.25, -0.2) is 4.79 Å². The number of methoxy groups -OCH3 is 1. The van der Waals surface area contributed by atoms with Gasteiger partial charge in [0.1, 0.15) is 12.2 Å². The average molecular weight is 357 g/mol. The lowest BCUT2D eigenvalue weighted by atomic mass is 9.86. The summed E-state index contributed by atoms with van der Waals surface area (Å²) in [5, 5.41) is 19.5. The molecule has 0 aromatic heterocycles. The first-order valence-corrected chi connectivity index (χ1v) is 8.54. The molecule has 1 amide bonds. The Morgan fingerprint density at radius 3 is 2.35 bits per heavy atom. The van der Waals surface area contributed by atoms with E-state index in [1.807, 2.05) is 12.1 Å². The average Bonchev–Trinajstić information content (AvgIpc) is 2.63. The van der Waals surface area contributed by atoms with Gasteiger partial charge in [0.2, 0.25) is 0 Å². The van der Waals surface area contributed by atoms with Crippen LogP contribution in [0.3, 0.4) is 0 Å². The molecule has 138 valence electrons. The highest BCUT2D eigenvalue weighted by Gasteiger charge is 2.45. The lowest BCUT2D eigenvalue weighted by molar-refractivity contribution is -0.0899. The van der Waals surface area contributed by atoms with E-state index in [0.717, 1.165) is 16.9 Å². The first-order chi connectivity index (χ1) is 12.4. The van der Waals surface area contributed by atoms with Crippen molar-refractivity contribution >= 4 is 6.09 Å². The normalized spacial score (nSPS) is 15.3. The first kappa shape index (κ1) is 18.1. The second-order valence-corrected chi connectivity index (χ2v) is 6.49. The van der Waals surface area contributed by atoms with Crippen LogP contribution in [-0.2, 0) is 18.6 Å². The number of rotatable bonds is 6. The lowest BCUT2D eigenvalue weighted by Crippen LogP contribution is -2.60. The molecule has 1 aliphatic heterocycles. The number of aryl methyl sites for hydroxylation is 1. The van der Waals surface area contributed by atoms with E-state index in [9.17, 15) is 9.90 Å². The molecule has 0 spiro atoms. The van der Waals surface area contributed by atoms with Crippen LogP contribution >= 0.6 is 0 Å². The van der Waals surface area contributed by atoms with Gasteiger partial charge in [0, 0.05) is 0 Å². The van der Waals surface area contributed by atoms with Crippen LogP contribution < -0.4 is 9.47 Å². The molecule has 3 rings (SSSR count). The van der Waals surface area contributed by atoms with Gasteiger partial charge in [-0.1, -0.05) is 37.3 Å². The fraction of sp³-hybridized carbons (Fsp3) is 0.350. The Morgan fingerprint density at radius 2 is 1.77 bits per heavy atom. The van der Waals surface area contributed by atoms with Crippen molar-refractivity contribution in [1.82, 2.24) is 4.90 Å². The number of benzene rings is 2. The first-order valence-electron chi connectivity index (χ1n) is 8.54. The molecule has 6 nitrogen and oxygen atoms in total.